The molecular weight excluding hydrogens is 268 g/mol. The van der Waals surface area contributed by atoms with Crippen molar-refractivity contribution in [1.29, 1.82) is 0 Å². The van der Waals surface area contributed by atoms with Crippen LogP contribution in [0.25, 0.3) is 0 Å². The lowest BCUT2D eigenvalue weighted by Gasteiger charge is -2.15. The number of hydrogen-bond donors (Lipinski definition) is 1. The van der Waals surface area contributed by atoms with E-state index in [4.69, 9.17) is 9.47 Å². The summed E-state index contributed by atoms with van der Waals surface area (Å²) in [5, 5.41) is 3.47. The van der Waals surface area contributed by atoms with Gasteiger partial charge in [-0.25, -0.2) is 0 Å². The van der Waals surface area contributed by atoms with Crippen LogP contribution in [0.3, 0.4) is 0 Å². The van der Waals surface area contributed by atoms with Crippen molar-refractivity contribution >= 4 is 5.91 Å². The fraction of sp³-hybridized carbons (Fsp3) is 0.562. The van der Waals surface area contributed by atoms with Crippen LogP contribution in [-0.4, -0.2) is 44.2 Å². The van der Waals surface area contributed by atoms with Crippen molar-refractivity contribution in [3.05, 3.63) is 23.8 Å². The number of nitrogens with zero attached hydrogens (tertiary/aromatic N) is 1. The predicted octanol–water partition coefficient (Wildman–Crippen LogP) is 1.80. The van der Waals surface area contributed by atoms with Gasteiger partial charge in [0, 0.05) is 26.7 Å². The van der Waals surface area contributed by atoms with Crippen LogP contribution in [0.15, 0.2) is 18.2 Å². The first-order chi connectivity index (χ1) is 10.1. The van der Waals surface area contributed by atoms with Gasteiger partial charge in [-0.15, -0.1) is 0 Å². The van der Waals surface area contributed by atoms with Gasteiger partial charge in [0.1, 0.15) is 0 Å². The molecule has 1 N–H and O–H groups in total. The molecule has 1 aliphatic rings. The zero-order chi connectivity index (χ0) is 15.2. The Morgan fingerprint density at radius 3 is 2.67 bits per heavy atom. The molecule has 0 atom stereocenters. The van der Waals surface area contributed by atoms with E-state index in [0.29, 0.717) is 24.1 Å². The average Bonchev–Trinajstić information content (AvgIpc) is 3.28. The van der Waals surface area contributed by atoms with Crippen LogP contribution in [0.2, 0.25) is 0 Å². The summed E-state index contributed by atoms with van der Waals surface area (Å²) in [5.74, 6) is 1.23. The minimum atomic E-state index is -0.0723. The molecule has 5 nitrogen and oxygen atoms in total. The Morgan fingerprint density at radius 1 is 1.29 bits per heavy atom. The Hall–Kier alpha value is -1.75. The number of rotatable bonds is 8. The van der Waals surface area contributed by atoms with Crippen LogP contribution in [0, 0.1) is 0 Å². The van der Waals surface area contributed by atoms with Gasteiger partial charge in [0.05, 0.1) is 6.61 Å². The standard InChI is InChI=1S/C16H24N2O3/c1-4-20-15-9-12(10-17-13-6-7-13)5-8-14(15)21-11-16(19)18(2)3/h5,8-9,13,17H,4,6-7,10-11H2,1-3H3. The van der Waals surface area contributed by atoms with Crippen molar-refractivity contribution in [2.45, 2.75) is 32.4 Å². The summed E-state index contributed by atoms with van der Waals surface area (Å²) < 4.78 is 11.2. The molecule has 0 heterocycles. The molecule has 0 bridgehead atoms. The number of hydrogen-bond acceptors (Lipinski definition) is 4. The maximum Gasteiger partial charge on any atom is 0.259 e. The highest BCUT2D eigenvalue weighted by molar-refractivity contribution is 5.77. The summed E-state index contributed by atoms with van der Waals surface area (Å²) in [6.45, 7) is 3.36. The molecule has 0 saturated heterocycles. The summed E-state index contributed by atoms with van der Waals surface area (Å²) in [5.41, 5.74) is 1.16. The Bertz CT molecular complexity index is 484. The Balaban J connectivity index is 1.99. The van der Waals surface area contributed by atoms with Crippen molar-refractivity contribution in [2.24, 2.45) is 0 Å². The van der Waals surface area contributed by atoms with E-state index < -0.39 is 0 Å². The van der Waals surface area contributed by atoms with Gasteiger partial charge in [0.25, 0.3) is 5.91 Å². The molecule has 1 aromatic rings. The minimum absolute atomic E-state index is 0.0206. The Morgan fingerprint density at radius 2 is 2.05 bits per heavy atom. The predicted molar refractivity (Wildman–Crippen MR) is 81.7 cm³/mol. The highest BCUT2D eigenvalue weighted by atomic mass is 16.5. The summed E-state index contributed by atoms with van der Waals surface area (Å²) in [4.78, 5) is 13.1. The minimum Gasteiger partial charge on any atom is -0.490 e. The molecular formula is C16H24N2O3. The lowest BCUT2D eigenvalue weighted by atomic mass is 10.2. The first-order valence-corrected chi connectivity index (χ1v) is 7.42. The molecule has 1 saturated carbocycles. The molecule has 1 fully saturated rings. The molecule has 0 spiro atoms. The second-order valence-corrected chi connectivity index (χ2v) is 5.45. The molecule has 5 heteroatoms. The van der Waals surface area contributed by atoms with Gasteiger partial charge in [-0.2, -0.15) is 0 Å². The molecule has 116 valence electrons. The first-order valence-electron chi connectivity index (χ1n) is 7.42. The van der Waals surface area contributed by atoms with Gasteiger partial charge in [0.15, 0.2) is 18.1 Å². The van der Waals surface area contributed by atoms with Crippen LogP contribution in [0.1, 0.15) is 25.3 Å². The number of nitrogens with one attached hydrogen (secondary N) is 1. The average molecular weight is 292 g/mol. The quantitative estimate of drug-likeness (QED) is 0.794. The van der Waals surface area contributed by atoms with Crippen LogP contribution in [0.5, 0.6) is 11.5 Å². The number of carbonyl (C=O) groups excluding carboxylic acids is 1. The fourth-order valence-electron chi connectivity index (χ4n) is 1.87. The van der Waals surface area contributed by atoms with Crippen LogP contribution in [0.4, 0.5) is 0 Å². The monoisotopic (exact) mass is 292 g/mol. The van der Waals surface area contributed by atoms with Crippen LogP contribution < -0.4 is 14.8 Å². The number of benzene rings is 1. The van der Waals surface area contributed by atoms with E-state index in [9.17, 15) is 4.79 Å². The summed E-state index contributed by atoms with van der Waals surface area (Å²) >= 11 is 0. The zero-order valence-corrected chi connectivity index (χ0v) is 13.0. The van der Waals surface area contributed by atoms with E-state index in [2.05, 4.69) is 5.32 Å². The van der Waals surface area contributed by atoms with Crippen LogP contribution in [-0.2, 0) is 11.3 Å². The van der Waals surface area contributed by atoms with Gasteiger partial charge in [-0.1, -0.05) is 6.07 Å². The zero-order valence-electron chi connectivity index (χ0n) is 13.0. The molecule has 0 aromatic heterocycles. The first kappa shape index (κ1) is 15.6. The molecule has 0 unspecified atom stereocenters. The fourth-order valence-corrected chi connectivity index (χ4v) is 1.87. The highest BCUT2D eigenvalue weighted by Crippen LogP contribution is 2.29. The molecule has 21 heavy (non-hydrogen) atoms. The topological polar surface area (TPSA) is 50.8 Å². The maximum absolute atomic E-state index is 11.6. The Kier molecular flexibility index (Phi) is 5.44. The number of ether oxygens (including phenoxy) is 2. The second kappa shape index (κ2) is 7.31. The molecule has 1 aromatic carbocycles. The van der Waals surface area contributed by atoms with E-state index in [1.807, 2.05) is 25.1 Å². The molecule has 0 radical (unpaired) electrons. The summed E-state index contributed by atoms with van der Waals surface area (Å²) in [6.07, 6.45) is 2.54. The van der Waals surface area contributed by atoms with Crippen molar-refractivity contribution in [1.82, 2.24) is 10.2 Å². The van der Waals surface area contributed by atoms with Gasteiger partial charge >= 0.3 is 0 Å². The van der Waals surface area contributed by atoms with E-state index >= 15 is 0 Å². The molecule has 0 aliphatic heterocycles. The van der Waals surface area contributed by atoms with Gasteiger partial charge in [-0.3, -0.25) is 4.79 Å². The highest BCUT2D eigenvalue weighted by Gasteiger charge is 2.20. The normalized spacial score (nSPS) is 13.9. The third-order valence-corrected chi connectivity index (χ3v) is 3.33. The van der Waals surface area contributed by atoms with Gasteiger partial charge in [-0.05, 0) is 37.5 Å². The lowest BCUT2D eigenvalue weighted by Crippen LogP contribution is -2.27. The number of likely N-dealkylation sites (N-methyl/N-ethyl adjacent to an activating group) is 1. The van der Waals surface area contributed by atoms with Crippen molar-refractivity contribution in [3.63, 3.8) is 0 Å². The van der Waals surface area contributed by atoms with Gasteiger partial charge < -0.3 is 19.7 Å². The van der Waals surface area contributed by atoms with Gasteiger partial charge in [0.2, 0.25) is 0 Å². The van der Waals surface area contributed by atoms with E-state index in [1.165, 1.54) is 17.7 Å². The second-order valence-electron chi connectivity index (χ2n) is 5.45. The lowest BCUT2D eigenvalue weighted by molar-refractivity contribution is -0.130. The molecule has 2 rings (SSSR count). The summed E-state index contributed by atoms with van der Waals surface area (Å²) in [7, 11) is 3.42. The smallest absolute Gasteiger partial charge is 0.259 e. The summed E-state index contributed by atoms with van der Waals surface area (Å²) in [6, 6.07) is 6.54. The number of carbonyl (C=O) groups is 1. The molecule has 1 aliphatic carbocycles. The van der Waals surface area contributed by atoms with E-state index in [1.54, 1.807) is 14.1 Å². The third kappa shape index (κ3) is 4.93. The number of amides is 1. The van der Waals surface area contributed by atoms with E-state index in [0.717, 1.165) is 12.1 Å². The largest absolute Gasteiger partial charge is 0.490 e. The molecule has 1 amide bonds. The van der Waals surface area contributed by atoms with Crippen molar-refractivity contribution in [3.8, 4) is 11.5 Å². The van der Waals surface area contributed by atoms with Crippen molar-refractivity contribution < 1.29 is 14.3 Å². The SMILES string of the molecule is CCOc1cc(CNC2CC2)ccc1OCC(=O)N(C)C. The third-order valence-electron chi connectivity index (χ3n) is 3.33. The maximum atomic E-state index is 11.6. The Labute approximate surface area is 126 Å². The van der Waals surface area contributed by atoms with Crippen molar-refractivity contribution in [2.75, 3.05) is 27.3 Å². The van der Waals surface area contributed by atoms with E-state index in [-0.39, 0.29) is 12.5 Å². The van der Waals surface area contributed by atoms with Crippen LogP contribution >= 0.6 is 0 Å².